The molecule has 0 saturated carbocycles. The van der Waals surface area contributed by atoms with Crippen molar-refractivity contribution in [1.82, 2.24) is 10.2 Å². The van der Waals surface area contributed by atoms with Gasteiger partial charge >= 0.3 is 0 Å². The second kappa shape index (κ2) is 11.5. The Kier molecular flexibility index (Phi) is 9.38. The zero-order chi connectivity index (χ0) is 23.0. The van der Waals surface area contributed by atoms with Gasteiger partial charge in [0.1, 0.15) is 11.9 Å². The number of carbonyl (C=O) groups is 2. The molecule has 2 amide bonds. The van der Waals surface area contributed by atoms with Gasteiger partial charge in [-0.3, -0.25) is 9.59 Å². The van der Waals surface area contributed by atoms with E-state index in [1.54, 1.807) is 29.2 Å². The van der Waals surface area contributed by atoms with Crippen molar-refractivity contribution in [2.45, 2.75) is 58.0 Å². The lowest BCUT2D eigenvalue weighted by atomic mass is 10.1. The number of thioether (sulfide) groups is 1. The molecule has 0 saturated heterocycles. The van der Waals surface area contributed by atoms with Crippen LogP contribution in [0, 0.1) is 5.82 Å². The molecule has 2 aromatic rings. The molecule has 0 aliphatic rings. The fraction of sp³-hybridized carbons (Fsp3) is 0.417. The Balaban J connectivity index is 2.14. The molecular formula is C24H30ClFN2O2S. The lowest BCUT2D eigenvalue weighted by molar-refractivity contribution is -0.140. The maximum absolute atomic E-state index is 13.2. The van der Waals surface area contributed by atoms with E-state index in [2.05, 4.69) is 5.32 Å². The number of carbonyl (C=O) groups excluding carboxylic acids is 2. The van der Waals surface area contributed by atoms with E-state index in [0.29, 0.717) is 23.7 Å². The molecule has 0 spiro atoms. The number of rotatable bonds is 9. The van der Waals surface area contributed by atoms with Gasteiger partial charge in [0.2, 0.25) is 11.8 Å². The van der Waals surface area contributed by atoms with Gasteiger partial charge in [0.25, 0.3) is 0 Å². The van der Waals surface area contributed by atoms with Crippen LogP contribution >= 0.6 is 23.4 Å². The average molecular weight is 465 g/mol. The first-order valence-electron chi connectivity index (χ1n) is 10.3. The third-order valence-corrected chi connectivity index (χ3v) is 5.80. The van der Waals surface area contributed by atoms with Crippen LogP contribution in [0.1, 0.15) is 45.2 Å². The smallest absolute Gasteiger partial charge is 0.243 e. The van der Waals surface area contributed by atoms with Crippen LogP contribution in [0.3, 0.4) is 0 Å². The molecule has 0 aliphatic heterocycles. The fourth-order valence-electron chi connectivity index (χ4n) is 3.08. The highest BCUT2D eigenvalue weighted by Gasteiger charge is 2.30. The van der Waals surface area contributed by atoms with Gasteiger partial charge in [0, 0.05) is 22.9 Å². The molecule has 168 valence electrons. The Bertz CT molecular complexity index is 867. The maximum Gasteiger partial charge on any atom is 0.243 e. The molecule has 0 heterocycles. The first-order chi connectivity index (χ1) is 14.6. The molecule has 0 aliphatic carbocycles. The Morgan fingerprint density at radius 3 is 2.19 bits per heavy atom. The summed E-state index contributed by atoms with van der Waals surface area (Å²) in [5, 5.41) is 3.61. The summed E-state index contributed by atoms with van der Waals surface area (Å²) in [7, 11) is 0. The largest absolute Gasteiger partial charge is 0.350 e. The minimum Gasteiger partial charge on any atom is -0.350 e. The van der Waals surface area contributed by atoms with Crippen molar-refractivity contribution < 1.29 is 14.0 Å². The maximum atomic E-state index is 13.2. The average Bonchev–Trinajstić information content (AvgIpc) is 2.69. The van der Waals surface area contributed by atoms with Gasteiger partial charge in [-0.25, -0.2) is 4.39 Å². The summed E-state index contributed by atoms with van der Waals surface area (Å²) in [6.07, 6.45) is 0.504. The van der Waals surface area contributed by atoms with E-state index in [0.717, 1.165) is 11.1 Å². The number of nitrogens with one attached hydrogen (secondary N) is 1. The molecule has 1 atom stereocenters. The Labute approximate surface area is 193 Å². The van der Waals surface area contributed by atoms with E-state index in [-0.39, 0.29) is 23.4 Å². The van der Waals surface area contributed by atoms with Crippen molar-refractivity contribution in [3.63, 3.8) is 0 Å². The lowest BCUT2D eigenvalue weighted by Crippen LogP contribution is -2.53. The Morgan fingerprint density at radius 2 is 1.65 bits per heavy atom. The summed E-state index contributed by atoms with van der Waals surface area (Å²) in [6, 6.07) is 13.0. The fourth-order valence-corrected chi connectivity index (χ4v) is 4.08. The van der Waals surface area contributed by atoms with Gasteiger partial charge in [-0.1, -0.05) is 42.8 Å². The second-order valence-electron chi connectivity index (χ2n) is 8.43. The van der Waals surface area contributed by atoms with Crippen molar-refractivity contribution in [3.8, 4) is 0 Å². The van der Waals surface area contributed by atoms with Gasteiger partial charge in [0.05, 0.1) is 5.75 Å². The number of benzene rings is 2. The number of amides is 2. The van der Waals surface area contributed by atoms with Gasteiger partial charge in [-0.2, -0.15) is 0 Å². The normalized spacial score (nSPS) is 12.3. The van der Waals surface area contributed by atoms with E-state index < -0.39 is 11.6 Å². The van der Waals surface area contributed by atoms with Crippen molar-refractivity contribution in [3.05, 3.63) is 70.5 Å². The van der Waals surface area contributed by atoms with Crippen LogP contribution in [0.5, 0.6) is 0 Å². The molecule has 31 heavy (non-hydrogen) atoms. The minimum absolute atomic E-state index is 0.113. The first kappa shape index (κ1) is 25.2. The van der Waals surface area contributed by atoms with Gasteiger partial charge in [0.15, 0.2) is 0 Å². The third kappa shape index (κ3) is 8.54. The molecule has 7 heteroatoms. The van der Waals surface area contributed by atoms with Crippen molar-refractivity contribution in [2.24, 2.45) is 0 Å². The molecular weight excluding hydrogens is 435 g/mol. The SMILES string of the molecule is CC[C@H](C(=O)NC(C)(C)C)N(Cc1ccc(Cl)cc1)C(=O)CSCc1ccc(F)cc1. The summed E-state index contributed by atoms with van der Waals surface area (Å²) in [6.45, 7) is 7.98. The van der Waals surface area contributed by atoms with Crippen LogP contribution in [0.4, 0.5) is 4.39 Å². The van der Waals surface area contributed by atoms with Crippen molar-refractivity contribution >= 4 is 35.2 Å². The summed E-state index contributed by atoms with van der Waals surface area (Å²) < 4.78 is 13.1. The van der Waals surface area contributed by atoms with Gasteiger partial charge in [-0.15, -0.1) is 11.8 Å². The number of hydrogen-bond acceptors (Lipinski definition) is 3. The monoisotopic (exact) mass is 464 g/mol. The van der Waals surface area contributed by atoms with Crippen LogP contribution in [-0.4, -0.2) is 34.0 Å². The van der Waals surface area contributed by atoms with Crippen molar-refractivity contribution in [1.29, 1.82) is 0 Å². The second-order valence-corrected chi connectivity index (χ2v) is 9.85. The number of hydrogen-bond donors (Lipinski definition) is 1. The summed E-state index contributed by atoms with van der Waals surface area (Å²) in [5.74, 6) is 0.254. The van der Waals surface area contributed by atoms with Crippen LogP contribution in [0.25, 0.3) is 0 Å². The van der Waals surface area contributed by atoms with E-state index in [1.165, 1.54) is 23.9 Å². The summed E-state index contributed by atoms with van der Waals surface area (Å²) >= 11 is 7.44. The highest BCUT2D eigenvalue weighted by molar-refractivity contribution is 7.99. The van der Waals surface area contributed by atoms with Gasteiger partial charge in [-0.05, 0) is 62.6 Å². The van der Waals surface area contributed by atoms with E-state index in [1.807, 2.05) is 39.8 Å². The standard InChI is InChI=1S/C24H30ClFN2O2S/c1-5-21(23(30)27-24(2,3)4)28(14-17-6-10-19(25)11-7-17)22(29)16-31-15-18-8-12-20(26)13-9-18/h6-13,21H,5,14-16H2,1-4H3,(H,27,30)/t21-/m1/s1. The Hall–Kier alpha value is -2.05. The number of nitrogens with zero attached hydrogens (tertiary/aromatic N) is 1. The highest BCUT2D eigenvalue weighted by atomic mass is 35.5. The summed E-state index contributed by atoms with van der Waals surface area (Å²) in [5.41, 5.74) is 1.46. The summed E-state index contributed by atoms with van der Waals surface area (Å²) in [4.78, 5) is 27.7. The minimum atomic E-state index is -0.575. The molecule has 0 aromatic heterocycles. The predicted molar refractivity (Wildman–Crippen MR) is 127 cm³/mol. The molecule has 0 radical (unpaired) electrons. The van der Waals surface area contributed by atoms with Crippen LogP contribution in [0.15, 0.2) is 48.5 Å². The molecule has 2 rings (SSSR count). The molecule has 1 N–H and O–H groups in total. The highest BCUT2D eigenvalue weighted by Crippen LogP contribution is 2.19. The van der Waals surface area contributed by atoms with E-state index >= 15 is 0 Å². The van der Waals surface area contributed by atoms with Crippen LogP contribution in [-0.2, 0) is 21.9 Å². The Morgan fingerprint density at radius 1 is 1.06 bits per heavy atom. The quantitative estimate of drug-likeness (QED) is 0.538. The van der Waals surface area contributed by atoms with Gasteiger partial charge < -0.3 is 10.2 Å². The number of halogens is 2. The molecule has 0 fully saturated rings. The molecule has 0 bridgehead atoms. The molecule has 4 nitrogen and oxygen atoms in total. The molecule has 2 aromatic carbocycles. The zero-order valence-corrected chi connectivity index (χ0v) is 20.0. The van der Waals surface area contributed by atoms with E-state index in [9.17, 15) is 14.0 Å². The topological polar surface area (TPSA) is 49.4 Å². The zero-order valence-electron chi connectivity index (χ0n) is 18.5. The first-order valence-corrected chi connectivity index (χ1v) is 11.8. The van der Waals surface area contributed by atoms with Crippen molar-refractivity contribution in [2.75, 3.05) is 5.75 Å². The van der Waals surface area contributed by atoms with Crippen LogP contribution in [0.2, 0.25) is 5.02 Å². The lowest BCUT2D eigenvalue weighted by Gasteiger charge is -2.33. The van der Waals surface area contributed by atoms with Crippen LogP contribution < -0.4 is 5.32 Å². The molecule has 0 unspecified atom stereocenters. The third-order valence-electron chi connectivity index (χ3n) is 4.56. The predicted octanol–water partition coefficient (Wildman–Crippen LogP) is 5.43. The van der Waals surface area contributed by atoms with E-state index in [4.69, 9.17) is 11.6 Å².